The molecule has 4 heterocycles. The van der Waals surface area contributed by atoms with Crippen LogP contribution in [0.1, 0.15) is 53.9 Å². The molecule has 3 aromatic rings. The lowest BCUT2D eigenvalue weighted by molar-refractivity contribution is -0.123. The van der Waals surface area contributed by atoms with Gasteiger partial charge in [0, 0.05) is 35.8 Å². The van der Waals surface area contributed by atoms with Crippen LogP contribution in [0.4, 0.5) is 4.39 Å². The second-order valence-electron chi connectivity index (χ2n) is 10.4. The zero-order valence-electron chi connectivity index (χ0n) is 20.0. The molecule has 2 aromatic heterocycles. The van der Waals surface area contributed by atoms with E-state index in [1.54, 1.807) is 29.6 Å². The molecular formula is C27H29ClFN5O2. The Kier molecular flexibility index (Phi) is 5.96. The van der Waals surface area contributed by atoms with Gasteiger partial charge in [0.2, 0.25) is 5.91 Å². The van der Waals surface area contributed by atoms with Gasteiger partial charge in [0.25, 0.3) is 5.91 Å². The average molecular weight is 510 g/mol. The van der Waals surface area contributed by atoms with Crippen LogP contribution in [0.3, 0.4) is 0 Å². The first-order valence-electron chi connectivity index (χ1n) is 12.6. The predicted octanol–water partition coefficient (Wildman–Crippen LogP) is 3.87. The maximum absolute atomic E-state index is 14.2. The van der Waals surface area contributed by atoms with Gasteiger partial charge >= 0.3 is 0 Å². The van der Waals surface area contributed by atoms with E-state index in [4.69, 9.17) is 11.6 Å². The van der Waals surface area contributed by atoms with Crippen LogP contribution in [0.5, 0.6) is 0 Å². The number of carbonyl (C=O) groups is 2. The first-order chi connectivity index (χ1) is 17.4. The fourth-order valence-electron chi connectivity index (χ4n) is 6.15. The van der Waals surface area contributed by atoms with Crippen LogP contribution in [-0.4, -0.2) is 68.8 Å². The molecule has 9 heteroatoms. The third kappa shape index (κ3) is 4.37. The van der Waals surface area contributed by atoms with E-state index in [1.165, 1.54) is 12.1 Å². The third-order valence-corrected chi connectivity index (χ3v) is 8.36. The molecule has 0 radical (unpaired) electrons. The molecule has 1 N–H and O–H groups in total. The summed E-state index contributed by atoms with van der Waals surface area (Å²) in [6, 6.07) is 7.81. The van der Waals surface area contributed by atoms with Crippen molar-refractivity contribution in [2.75, 3.05) is 26.2 Å². The number of piperidine rings is 1. The largest absolute Gasteiger partial charge is 0.350 e. The van der Waals surface area contributed by atoms with E-state index in [1.807, 2.05) is 16.7 Å². The van der Waals surface area contributed by atoms with Gasteiger partial charge in [0.05, 0.1) is 36.2 Å². The standard InChI is InChI=1S/C27H29ClFN5O2/c28-19-11-18(12-20(29)13-19)21-4-10-32(26(36)22-3-1-8-33-17-30-14-24(22)33)15-23(21)31-25(35)16-34-9-2-5-27(34)6-7-27/h1,3,8,11-14,17,21,23H,2,4-7,9-10,15-16H2,(H,31,35)/t21-,23+/m0/s1. The number of benzene rings is 1. The van der Waals surface area contributed by atoms with Crippen LogP contribution < -0.4 is 5.32 Å². The minimum Gasteiger partial charge on any atom is -0.350 e. The highest BCUT2D eigenvalue weighted by Crippen LogP contribution is 2.49. The molecule has 0 bridgehead atoms. The number of rotatable bonds is 5. The molecule has 2 atom stereocenters. The van der Waals surface area contributed by atoms with Crippen LogP contribution in [0, 0.1) is 5.82 Å². The summed E-state index contributed by atoms with van der Waals surface area (Å²) < 4.78 is 16.0. The Labute approximate surface area is 214 Å². The predicted molar refractivity (Wildman–Crippen MR) is 135 cm³/mol. The molecule has 1 aromatic carbocycles. The number of aromatic nitrogens is 2. The first kappa shape index (κ1) is 23.4. The summed E-state index contributed by atoms with van der Waals surface area (Å²) in [6.07, 6.45) is 10.4. The lowest BCUT2D eigenvalue weighted by Gasteiger charge is -2.39. The summed E-state index contributed by atoms with van der Waals surface area (Å²) in [4.78, 5) is 35.0. The van der Waals surface area contributed by atoms with E-state index in [-0.39, 0.29) is 29.3 Å². The maximum Gasteiger partial charge on any atom is 0.256 e. The maximum atomic E-state index is 14.2. The molecule has 1 aliphatic carbocycles. The molecule has 188 valence electrons. The summed E-state index contributed by atoms with van der Waals surface area (Å²) in [5, 5.41) is 3.54. The van der Waals surface area contributed by atoms with E-state index in [2.05, 4.69) is 15.2 Å². The van der Waals surface area contributed by atoms with Crippen molar-refractivity contribution in [3.63, 3.8) is 0 Å². The number of carbonyl (C=O) groups excluding carboxylic acids is 2. The van der Waals surface area contributed by atoms with Crippen LogP contribution in [0.2, 0.25) is 5.02 Å². The number of nitrogens with one attached hydrogen (secondary N) is 1. The molecular weight excluding hydrogens is 481 g/mol. The van der Waals surface area contributed by atoms with Crippen LogP contribution in [-0.2, 0) is 4.79 Å². The molecule has 36 heavy (non-hydrogen) atoms. The van der Waals surface area contributed by atoms with Crippen LogP contribution in [0.15, 0.2) is 49.1 Å². The molecule has 0 unspecified atom stereocenters. The van der Waals surface area contributed by atoms with Gasteiger partial charge in [0.15, 0.2) is 0 Å². The second kappa shape index (κ2) is 9.16. The minimum absolute atomic E-state index is 0.0483. The lowest BCUT2D eigenvalue weighted by Crippen LogP contribution is -2.55. The summed E-state index contributed by atoms with van der Waals surface area (Å²) in [7, 11) is 0. The van der Waals surface area contributed by atoms with Crippen molar-refractivity contribution in [1.82, 2.24) is 24.5 Å². The Morgan fingerprint density at radius 1 is 1.19 bits per heavy atom. The highest BCUT2D eigenvalue weighted by Gasteiger charge is 2.51. The fraction of sp³-hybridized carbons (Fsp3) is 0.444. The zero-order valence-corrected chi connectivity index (χ0v) is 20.8. The van der Waals surface area contributed by atoms with Gasteiger partial charge < -0.3 is 14.6 Å². The molecule has 3 fully saturated rings. The molecule has 1 spiro atoms. The van der Waals surface area contributed by atoms with Gasteiger partial charge in [0.1, 0.15) is 5.82 Å². The lowest BCUT2D eigenvalue weighted by atomic mass is 9.84. The topological polar surface area (TPSA) is 70.0 Å². The number of hydrogen-bond acceptors (Lipinski definition) is 4. The average Bonchev–Trinajstić information content (AvgIpc) is 3.29. The van der Waals surface area contributed by atoms with E-state index in [9.17, 15) is 14.0 Å². The summed E-state index contributed by atoms with van der Waals surface area (Å²) in [6.45, 7) is 2.13. The number of hydrogen-bond donors (Lipinski definition) is 1. The van der Waals surface area contributed by atoms with Crippen molar-refractivity contribution in [1.29, 1.82) is 0 Å². The van der Waals surface area contributed by atoms with Crippen molar-refractivity contribution in [3.8, 4) is 0 Å². The normalized spacial score (nSPS) is 23.3. The van der Waals surface area contributed by atoms with E-state index >= 15 is 0 Å². The third-order valence-electron chi connectivity index (χ3n) is 8.14. The number of amides is 2. The van der Waals surface area contributed by atoms with Gasteiger partial charge in [-0.1, -0.05) is 11.6 Å². The van der Waals surface area contributed by atoms with Crippen molar-refractivity contribution in [2.45, 2.75) is 49.6 Å². The molecule has 6 rings (SSSR count). The Morgan fingerprint density at radius 2 is 2.06 bits per heavy atom. The van der Waals surface area contributed by atoms with Crippen LogP contribution >= 0.6 is 11.6 Å². The quantitative estimate of drug-likeness (QED) is 0.567. The minimum atomic E-state index is -0.402. The Balaban J connectivity index is 1.24. The molecule has 2 saturated heterocycles. The SMILES string of the molecule is O=C(CN1CCCC12CC2)N[C@@H]1CN(C(=O)c2cccn3cncc23)CC[C@H]1c1cc(F)cc(Cl)c1. The Morgan fingerprint density at radius 3 is 2.86 bits per heavy atom. The van der Waals surface area contributed by atoms with E-state index in [0.29, 0.717) is 36.6 Å². The molecule has 7 nitrogen and oxygen atoms in total. The number of pyridine rings is 1. The van der Waals surface area contributed by atoms with E-state index < -0.39 is 5.82 Å². The van der Waals surface area contributed by atoms with Gasteiger partial charge in [-0.15, -0.1) is 0 Å². The number of halogens is 2. The van der Waals surface area contributed by atoms with Crippen molar-refractivity contribution >= 4 is 28.9 Å². The Bertz CT molecular complexity index is 1300. The summed E-state index contributed by atoms with van der Waals surface area (Å²) >= 11 is 6.17. The molecule has 2 aliphatic heterocycles. The van der Waals surface area contributed by atoms with Gasteiger partial charge in [-0.05, 0) is 74.5 Å². The smallest absolute Gasteiger partial charge is 0.256 e. The molecule has 1 saturated carbocycles. The monoisotopic (exact) mass is 509 g/mol. The fourth-order valence-corrected chi connectivity index (χ4v) is 6.38. The number of fused-ring (bicyclic) bond motifs is 1. The molecule has 3 aliphatic rings. The van der Waals surface area contributed by atoms with Crippen LogP contribution in [0.25, 0.3) is 5.52 Å². The van der Waals surface area contributed by atoms with Crippen molar-refractivity contribution in [3.05, 3.63) is 71.0 Å². The van der Waals surface area contributed by atoms with Crippen molar-refractivity contribution < 1.29 is 14.0 Å². The number of nitrogens with zero attached hydrogens (tertiary/aromatic N) is 4. The van der Waals surface area contributed by atoms with Crippen molar-refractivity contribution in [2.24, 2.45) is 0 Å². The summed E-state index contributed by atoms with van der Waals surface area (Å²) in [5.74, 6) is -0.702. The second-order valence-corrected chi connectivity index (χ2v) is 10.8. The highest BCUT2D eigenvalue weighted by molar-refractivity contribution is 6.30. The van der Waals surface area contributed by atoms with E-state index in [0.717, 1.165) is 43.3 Å². The zero-order chi connectivity index (χ0) is 24.9. The van der Waals surface area contributed by atoms with Gasteiger partial charge in [-0.2, -0.15) is 0 Å². The Hall–Kier alpha value is -2.97. The van der Waals surface area contributed by atoms with Gasteiger partial charge in [-0.3, -0.25) is 14.5 Å². The summed E-state index contributed by atoms with van der Waals surface area (Å²) in [5.41, 5.74) is 2.28. The molecule has 2 amide bonds. The highest BCUT2D eigenvalue weighted by atomic mass is 35.5. The number of likely N-dealkylation sites (tertiary alicyclic amines) is 2. The first-order valence-corrected chi connectivity index (χ1v) is 13.0. The van der Waals surface area contributed by atoms with Gasteiger partial charge in [-0.25, -0.2) is 9.37 Å². The number of imidazole rings is 1.